The predicted molar refractivity (Wildman–Crippen MR) is 90.4 cm³/mol. The zero-order valence-electron chi connectivity index (χ0n) is 14.8. The Kier molecular flexibility index (Phi) is 7.73. The van der Waals surface area contributed by atoms with Gasteiger partial charge in [-0.05, 0) is 32.4 Å². The lowest BCUT2D eigenvalue weighted by atomic mass is 10.2. The summed E-state index contributed by atoms with van der Waals surface area (Å²) >= 11 is 0. The first-order valence-electron chi connectivity index (χ1n) is 8.02. The molecule has 0 atom stereocenters. The van der Waals surface area contributed by atoms with Gasteiger partial charge in [-0.3, -0.25) is 0 Å². The number of esters is 1. The number of nitrogens with zero attached hydrogens (tertiary/aromatic N) is 2. The van der Waals surface area contributed by atoms with Gasteiger partial charge in [0.1, 0.15) is 28.2 Å². The van der Waals surface area contributed by atoms with E-state index in [1.165, 1.54) is 0 Å². The van der Waals surface area contributed by atoms with Gasteiger partial charge in [0, 0.05) is 0 Å². The Morgan fingerprint density at radius 3 is 1.88 bits per heavy atom. The van der Waals surface area contributed by atoms with E-state index in [1.807, 2.05) is 6.92 Å². The zero-order chi connectivity index (χ0) is 18.4. The summed E-state index contributed by atoms with van der Waals surface area (Å²) in [7, 11) is 0. The first kappa shape index (κ1) is 21.1. The molecule has 0 aliphatic carbocycles. The van der Waals surface area contributed by atoms with Crippen LogP contribution in [0.25, 0.3) is 11.0 Å². The highest BCUT2D eigenvalue weighted by molar-refractivity contribution is 6.02. The minimum absolute atomic E-state index is 0. The lowest BCUT2D eigenvalue weighted by Crippen LogP contribution is -2.28. The molecule has 1 aromatic heterocycles. The molecule has 9 heteroatoms. The molecule has 2 aromatic rings. The third-order valence-electron chi connectivity index (χ3n) is 3.17. The van der Waals surface area contributed by atoms with Gasteiger partial charge in [-0.25, -0.2) is 14.8 Å². The van der Waals surface area contributed by atoms with E-state index in [-0.39, 0.29) is 23.1 Å². The Morgan fingerprint density at radius 1 is 0.962 bits per heavy atom. The number of benzene rings is 1. The number of carbonyl (C=O) groups excluding carboxylic acids is 2. The fraction of sp³-hybridized carbons (Fsp3) is 0.412. The summed E-state index contributed by atoms with van der Waals surface area (Å²) < 4.78 is 15.9. The minimum Gasteiger partial charge on any atom is -0.543 e. The van der Waals surface area contributed by atoms with E-state index in [2.05, 4.69) is 9.97 Å². The number of fused-ring (bicyclic) bond motifs is 1. The molecule has 0 aliphatic rings. The van der Waals surface area contributed by atoms with Crippen molar-refractivity contribution in [1.82, 2.24) is 9.97 Å². The molecule has 0 bridgehead atoms. The van der Waals surface area contributed by atoms with Crippen molar-refractivity contribution < 1.29 is 34.4 Å². The number of aromatic nitrogens is 2. The molecule has 9 nitrogen and oxygen atoms in total. The van der Waals surface area contributed by atoms with Crippen molar-refractivity contribution in [3.63, 3.8) is 0 Å². The quantitative estimate of drug-likeness (QED) is 0.617. The van der Waals surface area contributed by atoms with Crippen LogP contribution in [0.3, 0.4) is 0 Å². The van der Waals surface area contributed by atoms with Crippen molar-refractivity contribution in [2.75, 3.05) is 19.8 Å². The molecular formula is C17H21N2O7-. The number of hydrogen-bond donors (Lipinski definition) is 0. The van der Waals surface area contributed by atoms with Crippen LogP contribution < -0.4 is 14.6 Å². The molecule has 0 saturated heterocycles. The number of rotatable bonds is 8. The van der Waals surface area contributed by atoms with E-state index in [0.29, 0.717) is 31.1 Å². The third-order valence-corrected chi connectivity index (χ3v) is 3.17. The lowest BCUT2D eigenvalue weighted by Gasteiger charge is -2.14. The summed E-state index contributed by atoms with van der Waals surface area (Å²) in [5.41, 5.74) is -0.612. The largest absolute Gasteiger partial charge is 0.543 e. The Bertz CT molecular complexity index is 792. The van der Waals surface area contributed by atoms with E-state index >= 15 is 0 Å². The molecule has 0 radical (unpaired) electrons. The molecule has 1 heterocycles. The van der Waals surface area contributed by atoms with Crippen molar-refractivity contribution >= 4 is 23.0 Å². The predicted octanol–water partition coefficient (Wildman–Crippen LogP) is 0.533. The summed E-state index contributed by atoms with van der Waals surface area (Å²) in [5, 5.41) is 11.4. The van der Waals surface area contributed by atoms with Gasteiger partial charge in [0.05, 0.1) is 25.8 Å². The van der Waals surface area contributed by atoms with Crippen LogP contribution in [0.5, 0.6) is 11.5 Å². The SMILES string of the molecule is CCCOC(=O)c1nc2c(OCC)ccc(OCC)c2nc1C(=O)[O-].O. The second-order valence-corrected chi connectivity index (χ2v) is 4.97. The van der Waals surface area contributed by atoms with Gasteiger partial charge in [-0.15, -0.1) is 0 Å². The topological polar surface area (TPSA) is 142 Å². The van der Waals surface area contributed by atoms with E-state index in [4.69, 9.17) is 14.2 Å². The summed E-state index contributed by atoms with van der Waals surface area (Å²) in [4.78, 5) is 31.8. The number of carboxylic acid groups (broad SMARTS) is 1. The van der Waals surface area contributed by atoms with Crippen molar-refractivity contribution in [1.29, 1.82) is 0 Å². The summed E-state index contributed by atoms with van der Waals surface area (Å²) in [6, 6.07) is 3.24. The Labute approximate surface area is 150 Å². The van der Waals surface area contributed by atoms with Crippen LogP contribution in [-0.4, -0.2) is 47.2 Å². The monoisotopic (exact) mass is 365 g/mol. The first-order valence-corrected chi connectivity index (χ1v) is 8.02. The van der Waals surface area contributed by atoms with E-state index in [9.17, 15) is 14.7 Å². The van der Waals surface area contributed by atoms with Crippen LogP contribution in [0.15, 0.2) is 12.1 Å². The second kappa shape index (κ2) is 9.52. The number of ether oxygens (including phenoxy) is 3. The molecule has 0 amide bonds. The molecule has 1 aromatic carbocycles. The highest BCUT2D eigenvalue weighted by Gasteiger charge is 2.22. The van der Waals surface area contributed by atoms with Gasteiger partial charge in [-0.1, -0.05) is 6.92 Å². The van der Waals surface area contributed by atoms with E-state index < -0.39 is 23.3 Å². The van der Waals surface area contributed by atoms with Crippen LogP contribution in [0.2, 0.25) is 0 Å². The van der Waals surface area contributed by atoms with Crippen molar-refractivity contribution in [3.8, 4) is 11.5 Å². The second-order valence-electron chi connectivity index (χ2n) is 4.97. The van der Waals surface area contributed by atoms with Gasteiger partial charge in [0.2, 0.25) is 0 Å². The maximum absolute atomic E-state index is 12.2. The van der Waals surface area contributed by atoms with Gasteiger partial charge < -0.3 is 29.6 Å². The average Bonchev–Trinajstić information content (AvgIpc) is 2.60. The number of aromatic carboxylic acids is 1. The van der Waals surface area contributed by atoms with Gasteiger partial charge in [0.15, 0.2) is 5.69 Å². The molecule has 0 spiro atoms. The molecule has 0 aliphatic heterocycles. The average molecular weight is 365 g/mol. The Hall–Kier alpha value is -2.94. The summed E-state index contributed by atoms with van der Waals surface area (Å²) in [6.07, 6.45) is 0.589. The van der Waals surface area contributed by atoms with Gasteiger partial charge in [-0.2, -0.15) is 0 Å². The maximum Gasteiger partial charge on any atom is 0.359 e. The highest BCUT2D eigenvalue weighted by atomic mass is 16.5. The zero-order valence-corrected chi connectivity index (χ0v) is 14.8. The van der Waals surface area contributed by atoms with E-state index in [0.717, 1.165) is 0 Å². The smallest absolute Gasteiger partial charge is 0.359 e. The first-order chi connectivity index (χ1) is 12.0. The van der Waals surface area contributed by atoms with Crippen LogP contribution in [-0.2, 0) is 4.74 Å². The van der Waals surface area contributed by atoms with E-state index in [1.54, 1.807) is 26.0 Å². The third kappa shape index (κ3) is 4.37. The fourth-order valence-electron chi connectivity index (χ4n) is 2.18. The highest BCUT2D eigenvalue weighted by Crippen LogP contribution is 2.31. The molecule has 0 saturated carbocycles. The van der Waals surface area contributed by atoms with Crippen LogP contribution in [0.4, 0.5) is 0 Å². The standard InChI is InChI=1S/C17H20N2O6.H2O/c1-4-9-25-17(22)15-14(16(20)21)18-12-10(23-5-2)7-8-11(24-6-3)13(12)19-15;/h7-8H,4-6,9H2,1-3H3,(H,20,21);1H2/p-1. The number of hydrogen-bond acceptors (Lipinski definition) is 8. The normalized spacial score (nSPS) is 10.1. The van der Waals surface area contributed by atoms with Crippen molar-refractivity contribution in [2.45, 2.75) is 27.2 Å². The number of carboxylic acids is 1. The van der Waals surface area contributed by atoms with Crippen LogP contribution in [0, 0.1) is 0 Å². The molecule has 26 heavy (non-hydrogen) atoms. The minimum atomic E-state index is -1.62. The summed E-state index contributed by atoms with van der Waals surface area (Å²) in [5.74, 6) is -1.80. The van der Waals surface area contributed by atoms with Gasteiger partial charge >= 0.3 is 5.97 Å². The lowest BCUT2D eigenvalue weighted by molar-refractivity contribution is -0.255. The number of carbonyl (C=O) groups is 2. The Balaban J connectivity index is 0.00000338. The van der Waals surface area contributed by atoms with Gasteiger partial charge in [0.25, 0.3) is 0 Å². The molecule has 0 unspecified atom stereocenters. The fourth-order valence-corrected chi connectivity index (χ4v) is 2.18. The molecule has 0 fully saturated rings. The molecule has 142 valence electrons. The Morgan fingerprint density at radius 2 is 1.46 bits per heavy atom. The summed E-state index contributed by atoms with van der Waals surface area (Å²) in [6.45, 7) is 6.25. The van der Waals surface area contributed by atoms with Crippen LogP contribution >= 0.6 is 0 Å². The van der Waals surface area contributed by atoms with Crippen molar-refractivity contribution in [2.24, 2.45) is 0 Å². The van der Waals surface area contributed by atoms with Crippen molar-refractivity contribution in [3.05, 3.63) is 23.5 Å². The molecule has 2 N–H and O–H groups in total. The maximum atomic E-state index is 12.2. The van der Waals surface area contributed by atoms with Crippen LogP contribution in [0.1, 0.15) is 48.2 Å². The molecule has 2 rings (SSSR count). The molecular weight excluding hydrogens is 344 g/mol.